The van der Waals surface area contributed by atoms with Crippen LogP contribution in [0.15, 0.2) is 23.1 Å². The Balaban J connectivity index is 2.86. The predicted octanol–water partition coefficient (Wildman–Crippen LogP) is 1.35. The van der Waals surface area contributed by atoms with E-state index in [1.165, 1.54) is 0 Å². The summed E-state index contributed by atoms with van der Waals surface area (Å²) in [6.45, 7) is 0.558. The third-order valence-corrected chi connectivity index (χ3v) is 3.89. The smallest absolute Gasteiger partial charge is 0.178 e. The zero-order chi connectivity index (χ0) is 12.2. The average molecular weight is 249 g/mol. The SMILES string of the molecule is CNCCCS(=O)(=O)c1ccc(F)c(F)c1. The van der Waals surface area contributed by atoms with Crippen LogP contribution in [0.4, 0.5) is 8.78 Å². The van der Waals surface area contributed by atoms with E-state index in [4.69, 9.17) is 0 Å². The number of hydrogen-bond acceptors (Lipinski definition) is 3. The van der Waals surface area contributed by atoms with E-state index in [2.05, 4.69) is 5.32 Å². The second-order valence-electron chi connectivity index (χ2n) is 3.35. The minimum atomic E-state index is -3.52. The highest BCUT2D eigenvalue weighted by Crippen LogP contribution is 2.15. The molecule has 16 heavy (non-hydrogen) atoms. The van der Waals surface area contributed by atoms with Crippen LogP contribution in [-0.4, -0.2) is 27.8 Å². The van der Waals surface area contributed by atoms with Crippen LogP contribution < -0.4 is 5.32 Å². The molecule has 0 radical (unpaired) electrons. The molecular formula is C10H13F2NO2S. The Labute approximate surface area is 93.4 Å². The van der Waals surface area contributed by atoms with E-state index in [0.29, 0.717) is 19.0 Å². The Morgan fingerprint density at radius 1 is 1.25 bits per heavy atom. The Bertz CT molecular complexity index is 460. The summed E-state index contributed by atoms with van der Waals surface area (Å²) < 4.78 is 48.8. The molecule has 0 saturated heterocycles. The maximum absolute atomic E-state index is 12.8. The Morgan fingerprint density at radius 3 is 2.50 bits per heavy atom. The molecule has 0 unspecified atom stereocenters. The van der Waals surface area contributed by atoms with Gasteiger partial charge in [-0.25, -0.2) is 17.2 Å². The topological polar surface area (TPSA) is 46.2 Å². The molecule has 0 aliphatic heterocycles. The predicted molar refractivity (Wildman–Crippen MR) is 57.0 cm³/mol. The van der Waals surface area contributed by atoms with Crippen molar-refractivity contribution in [3.63, 3.8) is 0 Å². The summed E-state index contributed by atoms with van der Waals surface area (Å²) in [5.74, 6) is -2.28. The largest absolute Gasteiger partial charge is 0.320 e. The molecule has 0 fully saturated rings. The number of benzene rings is 1. The first-order valence-corrected chi connectivity index (χ1v) is 6.45. The van der Waals surface area contributed by atoms with Crippen molar-refractivity contribution in [2.75, 3.05) is 19.3 Å². The fourth-order valence-electron chi connectivity index (χ4n) is 1.23. The maximum atomic E-state index is 12.8. The van der Waals surface area contributed by atoms with Crippen LogP contribution in [0, 0.1) is 11.6 Å². The second-order valence-corrected chi connectivity index (χ2v) is 5.46. The highest BCUT2D eigenvalue weighted by molar-refractivity contribution is 7.91. The first-order chi connectivity index (χ1) is 7.47. The number of nitrogens with one attached hydrogen (secondary N) is 1. The van der Waals surface area contributed by atoms with Gasteiger partial charge in [0.1, 0.15) is 0 Å². The van der Waals surface area contributed by atoms with Gasteiger partial charge in [0, 0.05) is 0 Å². The van der Waals surface area contributed by atoms with Crippen molar-refractivity contribution >= 4 is 9.84 Å². The van der Waals surface area contributed by atoms with Gasteiger partial charge in [-0.1, -0.05) is 0 Å². The Kier molecular flexibility index (Phi) is 4.37. The molecule has 3 nitrogen and oxygen atoms in total. The van der Waals surface area contributed by atoms with E-state index in [0.717, 1.165) is 12.1 Å². The van der Waals surface area contributed by atoms with Crippen LogP contribution in [-0.2, 0) is 9.84 Å². The van der Waals surface area contributed by atoms with Crippen LogP contribution in [0.25, 0.3) is 0 Å². The van der Waals surface area contributed by atoms with Gasteiger partial charge in [-0.05, 0) is 38.2 Å². The van der Waals surface area contributed by atoms with E-state index in [-0.39, 0.29) is 10.6 Å². The first kappa shape index (κ1) is 13.1. The summed E-state index contributed by atoms with van der Waals surface area (Å²) in [5.41, 5.74) is 0. The lowest BCUT2D eigenvalue weighted by atomic mass is 10.3. The minimum absolute atomic E-state index is 0.0844. The zero-order valence-corrected chi connectivity index (χ0v) is 9.65. The molecule has 1 aromatic rings. The highest BCUT2D eigenvalue weighted by atomic mass is 32.2. The molecule has 0 aliphatic rings. The summed E-state index contributed by atoms with van der Waals surface area (Å²) in [6, 6.07) is 2.61. The molecule has 1 aromatic carbocycles. The maximum Gasteiger partial charge on any atom is 0.178 e. The molecule has 0 saturated carbocycles. The molecule has 0 atom stereocenters. The third-order valence-electron chi connectivity index (χ3n) is 2.09. The van der Waals surface area contributed by atoms with Crippen LogP contribution in [0.1, 0.15) is 6.42 Å². The van der Waals surface area contributed by atoms with E-state index in [9.17, 15) is 17.2 Å². The number of hydrogen-bond donors (Lipinski definition) is 1. The molecule has 0 spiro atoms. The molecule has 1 rings (SSSR count). The molecule has 0 aliphatic carbocycles. The zero-order valence-electron chi connectivity index (χ0n) is 8.83. The van der Waals surface area contributed by atoms with Gasteiger partial charge in [0.15, 0.2) is 21.5 Å². The molecule has 0 aromatic heterocycles. The van der Waals surface area contributed by atoms with Gasteiger partial charge in [0.2, 0.25) is 0 Å². The van der Waals surface area contributed by atoms with Crippen molar-refractivity contribution in [3.05, 3.63) is 29.8 Å². The van der Waals surface area contributed by atoms with Gasteiger partial charge in [0.05, 0.1) is 10.6 Å². The van der Waals surface area contributed by atoms with Crippen LogP contribution in [0.5, 0.6) is 0 Å². The molecule has 90 valence electrons. The summed E-state index contributed by atoms with van der Waals surface area (Å²) in [7, 11) is -1.81. The third kappa shape index (κ3) is 3.24. The van der Waals surface area contributed by atoms with E-state index < -0.39 is 21.5 Å². The monoisotopic (exact) mass is 249 g/mol. The van der Waals surface area contributed by atoms with Crippen molar-refractivity contribution in [2.45, 2.75) is 11.3 Å². The molecule has 1 N–H and O–H groups in total. The van der Waals surface area contributed by atoms with Crippen molar-refractivity contribution in [1.29, 1.82) is 0 Å². The van der Waals surface area contributed by atoms with Crippen molar-refractivity contribution < 1.29 is 17.2 Å². The van der Waals surface area contributed by atoms with Crippen LogP contribution >= 0.6 is 0 Å². The number of sulfone groups is 1. The van der Waals surface area contributed by atoms with Crippen molar-refractivity contribution in [2.24, 2.45) is 0 Å². The molecule has 0 bridgehead atoms. The highest BCUT2D eigenvalue weighted by Gasteiger charge is 2.15. The molecule has 0 heterocycles. The molecule has 0 amide bonds. The van der Waals surface area contributed by atoms with Crippen molar-refractivity contribution in [3.8, 4) is 0 Å². The summed E-state index contributed by atoms with van der Waals surface area (Å²) in [6.07, 6.45) is 0.428. The number of rotatable bonds is 5. The second kappa shape index (κ2) is 5.36. The fourth-order valence-corrected chi connectivity index (χ4v) is 2.55. The van der Waals surface area contributed by atoms with Gasteiger partial charge in [-0.3, -0.25) is 0 Å². The average Bonchev–Trinajstić information content (AvgIpc) is 2.22. The molecular weight excluding hydrogens is 236 g/mol. The van der Waals surface area contributed by atoms with E-state index in [1.807, 2.05) is 0 Å². The Morgan fingerprint density at radius 2 is 1.94 bits per heavy atom. The van der Waals surface area contributed by atoms with Crippen molar-refractivity contribution in [1.82, 2.24) is 5.32 Å². The van der Waals surface area contributed by atoms with Gasteiger partial charge < -0.3 is 5.32 Å². The molecule has 6 heteroatoms. The van der Waals surface area contributed by atoms with E-state index in [1.54, 1.807) is 7.05 Å². The summed E-state index contributed by atoms with van der Waals surface area (Å²) in [5, 5.41) is 2.81. The Hall–Kier alpha value is -1.01. The lowest BCUT2D eigenvalue weighted by Gasteiger charge is -2.04. The minimum Gasteiger partial charge on any atom is -0.320 e. The fraction of sp³-hybridized carbons (Fsp3) is 0.400. The standard InChI is InChI=1S/C10H13F2NO2S/c1-13-5-2-6-16(14,15)8-3-4-9(11)10(12)7-8/h3-4,7,13H,2,5-6H2,1H3. The van der Waals surface area contributed by atoms with Gasteiger partial charge in [0.25, 0.3) is 0 Å². The lowest BCUT2D eigenvalue weighted by molar-refractivity contribution is 0.504. The van der Waals surface area contributed by atoms with Gasteiger partial charge in [-0.2, -0.15) is 0 Å². The summed E-state index contributed by atoms with van der Waals surface area (Å²) >= 11 is 0. The normalized spacial score (nSPS) is 11.7. The lowest BCUT2D eigenvalue weighted by Crippen LogP contribution is -2.14. The first-order valence-electron chi connectivity index (χ1n) is 4.80. The summed E-state index contributed by atoms with van der Waals surface area (Å²) in [4.78, 5) is -0.178. The van der Waals surface area contributed by atoms with Gasteiger partial charge >= 0.3 is 0 Å². The van der Waals surface area contributed by atoms with Crippen LogP contribution in [0.3, 0.4) is 0 Å². The quantitative estimate of drug-likeness (QED) is 0.633. The van der Waals surface area contributed by atoms with Crippen LogP contribution in [0.2, 0.25) is 0 Å². The van der Waals surface area contributed by atoms with Gasteiger partial charge in [-0.15, -0.1) is 0 Å². The van der Waals surface area contributed by atoms with E-state index >= 15 is 0 Å². The number of halogens is 2.